The lowest BCUT2D eigenvalue weighted by atomic mass is 10.2. The van der Waals surface area contributed by atoms with Crippen LogP contribution >= 0.6 is 0 Å². The molecule has 0 aromatic heterocycles. The number of nitrogens with one attached hydrogen (secondary N) is 1. The zero-order valence-corrected chi connectivity index (χ0v) is 11.0. The summed E-state index contributed by atoms with van der Waals surface area (Å²) in [7, 11) is 1.67. The third-order valence-electron chi connectivity index (χ3n) is 2.44. The predicted molar refractivity (Wildman–Crippen MR) is 71.4 cm³/mol. The molecule has 0 unspecified atom stereocenters. The maximum Gasteiger partial charge on any atom is 0.329 e. The van der Waals surface area contributed by atoms with Crippen LogP contribution in [0, 0.1) is 6.92 Å². The Balaban J connectivity index is 2.35. The minimum Gasteiger partial charge on any atom is -0.480 e. The number of hydrogen-bond acceptors (Lipinski definition) is 3. The standard InChI is InChI=1S/C13H18N2O4/c1-10-4-3-5-11(8-10)15(2)13(18)14-6-7-19-9-12(16)17/h3-5,8H,6-7,9H2,1-2H3,(H,14,18)(H,16,17). The third kappa shape index (κ3) is 5.39. The largest absolute Gasteiger partial charge is 0.480 e. The van der Waals surface area contributed by atoms with E-state index in [2.05, 4.69) is 5.32 Å². The first kappa shape index (κ1) is 15.0. The van der Waals surface area contributed by atoms with Crippen LogP contribution in [-0.4, -0.2) is 43.9 Å². The molecule has 19 heavy (non-hydrogen) atoms. The van der Waals surface area contributed by atoms with E-state index >= 15 is 0 Å². The van der Waals surface area contributed by atoms with Gasteiger partial charge in [0.05, 0.1) is 6.61 Å². The van der Waals surface area contributed by atoms with Crippen molar-refractivity contribution in [2.24, 2.45) is 0 Å². The van der Waals surface area contributed by atoms with Gasteiger partial charge in [-0.15, -0.1) is 0 Å². The van der Waals surface area contributed by atoms with Gasteiger partial charge in [-0.25, -0.2) is 9.59 Å². The van der Waals surface area contributed by atoms with E-state index < -0.39 is 5.97 Å². The number of carboxylic acid groups (broad SMARTS) is 1. The van der Waals surface area contributed by atoms with Gasteiger partial charge in [-0.2, -0.15) is 0 Å². The summed E-state index contributed by atoms with van der Waals surface area (Å²) in [5.41, 5.74) is 1.87. The molecule has 1 aromatic carbocycles. The summed E-state index contributed by atoms with van der Waals surface area (Å²) in [6, 6.07) is 7.32. The van der Waals surface area contributed by atoms with E-state index in [1.165, 1.54) is 4.90 Å². The van der Waals surface area contributed by atoms with Gasteiger partial charge in [0.2, 0.25) is 0 Å². The van der Waals surface area contributed by atoms with Gasteiger partial charge in [0.1, 0.15) is 6.61 Å². The average Bonchev–Trinajstić information content (AvgIpc) is 2.36. The molecule has 0 aliphatic rings. The molecule has 0 fully saturated rings. The van der Waals surface area contributed by atoms with Crippen LogP contribution in [0.4, 0.5) is 10.5 Å². The molecule has 0 bridgehead atoms. The Kier molecular flexibility index (Phi) is 5.81. The van der Waals surface area contributed by atoms with Crippen LogP contribution in [-0.2, 0) is 9.53 Å². The lowest BCUT2D eigenvalue weighted by Gasteiger charge is -2.18. The summed E-state index contributed by atoms with van der Waals surface area (Å²) < 4.78 is 4.82. The van der Waals surface area contributed by atoms with Crippen molar-refractivity contribution >= 4 is 17.7 Å². The number of urea groups is 1. The number of carboxylic acids is 1. The molecule has 0 spiro atoms. The number of benzene rings is 1. The summed E-state index contributed by atoms with van der Waals surface area (Å²) >= 11 is 0. The number of nitrogens with zero attached hydrogens (tertiary/aromatic N) is 1. The molecule has 0 saturated heterocycles. The van der Waals surface area contributed by atoms with Crippen LogP contribution in [0.5, 0.6) is 0 Å². The van der Waals surface area contributed by atoms with E-state index in [4.69, 9.17) is 9.84 Å². The van der Waals surface area contributed by atoms with Crippen LogP contribution in [0.25, 0.3) is 0 Å². The van der Waals surface area contributed by atoms with Crippen LogP contribution in [0.15, 0.2) is 24.3 Å². The van der Waals surface area contributed by atoms with E-state index in [9.17, 15) is 9.59 Å². The van der Waals surface area contributed by atoms with Gasteiger partial charge in [-0.3, -0.25) is 4.90 Å². The summed E-state index contributed by atoms with van der Waals surface area (Å²) in [5, 5.41) is 11.0. The first-order chi connectivity index (χ1) is 9.00. The second-order valence-corrected chi connectivity index (χ2v) is 4.08. The van der Waals surface area contributed by atoms with Crippen LogP contribution in [0.1, 0.15) is 5.56 Å². The molecule has 0 saturated carbocycles. The maximum atomic E-state index is 11.8. The van der Waals surface area contributed by atoms with Gasteiger partial charge >= 0.3 is 12.0 Å². The molecule has 0 radical (unpaired) electrons. The van der Waals surface area contributed by atoms with E-state index in [1.807, 2.05) is 31.2 Å². The Morgan fingerprint density at radius 2 is 2.16 bits per heavy atom. The minimum atomic E-state index is -1.02. The van der Waals surface area contributed by atoms with E-state index in [-0.39, 0.29) is 25.8 Å². The first-order valence-corrected chi connectivity index (χ1v) is 5.88. The quantitative estimate of drug-likeness (QED) is 0.759. The summed E-state index contributed by atoms with van der Waals surface area (Å²) in [5.74, 6) is -1.02. The summed E-state index contributed by atoms with van der Waals surface area (Å²) in [6.07, 6.45) is 0. The topological polar surface area (TPSA) is 78.9 Å². The smallest absolute Gasteiger partial charge is 0.329 e. The zero-order chi connectivity index (χ0) is 14.3. The lowest BCUT2D eigenvalue weighted by molar-refractivity contribution is -0.142. The molecule has 0 atom stereocenters. The molecule has 2 amide bonds. The molecule has 2 N–H and O–H groups in total. The zero-order valence-electron chi connectivity index (χ0n) is 11.0. The molecule has 104 valence electrons. The van der Waals surface area contributed by atoms with Crippen molar-refractivity contribution in [3.63, 3.8) is 0 Å². The normalized spacial score (nSPS) is 10.0. The monoisotopic (exact) mass is 266 g/mol. The van der Waals surface area contributed by atoms with Gasteiger partial charge in [0.15, 0.2) is 0 Å². The van der Waals surface area contributed by atoms with Crippen LogP contribution in [0.3, 0.4) is 0 Å². The Morgan fingerprint density at radius 1 is 1.42 bits per heavy atom. The fourth-order valence-electron chi connectivity index (χ4n) is 1.46. The van der Waals surface area contributed by atoms with E-state index in [0.29, 0.717) is 0 Å². The fourth-order valence-corrected chi connectivity index (χ4v) is 1.46. The molecule has 1 aromatic rings. The molecule has 0 aliphatic heterocycles. The highest BCUT2D eigenvalue weighted by Crippen LogP contribution is 2.13. The Bertz CT molecular complexity index is 448. The second kappa shape index (κ2) is 7.38. The predicted octanol–water partition coefficient (Wildman–Crippen LogP) is 1.24. The second-order valence-electron chi connectivity index (χ2n) is 4.08. The Morgan fingerprint density at radius 3 is 2.79 bits per heavy atom. The highest BCUT2D eigenvalue weighted by atomic mass is 16.5. The van der Waals surface area contributed by atoms with Crippen molar-refractivity contribution in [2.45, 2.75) is 6.92 Å². The van der Waals surface area contributed by atoms with Crippen molar-refractivity contribution in [3.05, 3.63) is 29.8 Å². The first-order valence-electron chi connectivity index (χ1n) is 5.88. The van der Waals surface area contributed by atoms with Crippen molar-refractivity contribution in [1.29, 1.82) is 0 Å². The average molecular weight is 266 g/mol. The molecule has 6 nitrogen and oxygen atoms in total. The van der Waals surface area contributed by atoms with Gasteiger partial charge < -0.3 is 15.2 Å². The van der Waals surface area contributed by atoms with Gasteiger partial charge in [0.25, 0.3) is 0 Å². The van der Waals surface area contributed by atoms with Crippen LogP contribution < -0.4 is 10.2 Å². The molecule has 0 aliphatic carbocycles. The van der Waals surface area contributed by atoms with Gasteiger partial charge in [-0.05, 0) is 24.6 Å². The number of hydrogen-bond donors (Lipinski definition) is 2. The third-order valence-corrected chi connectivity index (χ3v) is 2.44. The SMILES string of the molecule is Cc1cccc(N(C)C(=O)NCCOCC(=O)O)c1. The summed E-state index contributed by atoms with van der Waals surface area (Å²) in [4.78, 5) is 23.5. The number of aliphatic carboxylic acids is 1. The number of amides is 2. The number of rotatable bonds is 6. The van der Waals surface area contributed by atoms with Crippen molar-refractivity contribution < 1.29 is 19.4 Å². The molecule has 1 rings (SSSR count). The number of ether oxygens (including phenoxy) is 1. The fraction of sp³-hybridized carbons (Fsp3) is 0.385. The maximum absolute atomic E-state index is 11.8. The molecular weight excluding hydrogens is 248 g/mol. The number of aryl methyl sites for hydroxylation is 1. The number of carbonyl (C=O) groups is 2. The Hall–Kier alpha value is -2.08. The van der Waals surface area contributed by atoms with Gasteiger partial charge in [-0.1, -0.05) is 12.1 Å². The number of carbonyl (C=O) groups excluding carboxylic acids is 1. The molecule has 0 heterocycles. The minimum absolute atomic E-state index is 0.166. The molecule has 6 heteroatoms. The molecular formula is C13H18N2O4. The van der Waals surface area contributed by atoms with Crippen molar-refractivity contribution in [1.82, 2.24) is 5.32 Å². The summed E-state index contributed by atoms with van der Waals surface area (Å²) in [6.45, 7) is 2.03. The lowest BCUT2D eigenvalue weighted by Crippen LogP contribution is -2.39. The van der Waals surface area contributed by atoms with E-state index in [1.54, 1.807) is 7.05 Å². The van der Waals surface area contributed by atoms with Gasteiger partial charge in [0, 0.05) is 19.3 Å². The van der Waals surface area contributed by atoms with E-state index in [0.717, 1.165) is 11.3 Å². The van der Waals surface area contributed by atoms with Crippen molar-refractivity contribution in [2.75, 3.05) is 31.7 Å². The number of anilines is 1. The highest BCUT2D eigenvalue weighted by Gasteiger charge is 2.09. The van der Waals surface area contributed by atoms with Crippen LogP contribution in [0.2, 0.25) is 0 Å². The van der Waals surface area contributed by atoms with Crippen molar-refractivity contribution in [3.8, 4) is 0 Å². The Labute approximate surface area is 112 Å². The highest BCUT2D eigenvalue weighted by molar-refractivity contribution is 5.91.